The van der Waals surface area contributed by atoms with Gasteiger partial charge in [-0.15, -0.1) is 0 Å². The summed E-state index contributed by atoms with van der Waals surface area (Å²) in [6, 6.07) is 8.78. The van der Waals surface area contributed by atoms with E-state index >= 15 is 0 Å². The highest BCUT2D eigenvalue weighted by molar-refractivity contribution is 7.89. The average molecular weight is 402 g/mol. The lowest BCUT2D eigenvalue weighted by Gasteiger charge is -2.13. The van der Waals surface area contributed by atoms with E-state index in [0.29, 0.717) is 31.1 Å². The third-order valence-electron chi connectivity index (χ3n) is 3.51. The highest BCUT2D eigenvalue weighted by Gasteiger charge is 2.15. The quantitative estimate of drug-likeness (QED) is 0.694. The van der Waals surface area contributed by atoms with Crippen molar-refractivity contribution in [2.75, 3.05) is 19.8 Å². The van der Waals surface area contributed by atoms with Crippen LogP contribution in [0.1, 0.15) is 19.4 Å². The van der Waals surface area contributed by atoms with Crippen molar-refractivity contribution >= 4 is 21.6 Å². The minimum absolute atomic E-state index is 0.0781. The summed E-state index contributed by atoms with van der Waals surface area (Å²) in [6.07, 6.45) is 0.459. The predicted molar refractivity (Wildman–Crippen MR) is 99.1 cm³/mol. The first kappa shape index (κ1) is 20.5. The maximum atomic E-state index is 13.2. The predicted octanol–water partition coefficient (Wildman–Crippen LogP) is 3.80. The third kappa shape index (κ3) is 5.33. The van der Waals surface area contributed by atoms with Crippen molar-refractivity contribution in [3.63, 3.8) is 0 Å². The summed E-state index contributed by atoms with van der Waals surface area (Å²) >= 11 is 5.64. The van der Waals surface area contributed by atoms with E-state index in [4.69, 9.17) is 21.1 Å². The van der Waals surface area contributed by atoms with Crippen LogP contribution >= 0.6 is 11.6 Å². The fourth-order valence-electron chi connectivity index (χ4n) is 2.31. The summed E-state index contributed by atoms with van der Waals surface area (Å²) in [5, 5.41) is -0.235. The Bertz CT molecular complexity index is 858. The van der Waals surface area contributed by atoms with Gasteiger partial charge in [0.1, 0.15) is 5.82 Å². The van der Waals surface area contributed by atoms with Gasteiger partial charge in [-0.3, -0.25) is 0 Å². The van der Waals surface area contributed by atoms with E-state index in [1.165, 1.54) is 6.07 Å². The zero-order valence-corrected chi connectivity index (χ0v) is 16.2. The Labute approximate surface area is 158 Å². The van der Waals surface area contributed by atoms with Gasteiger partial charge in [-0.1, -0.05) is 17.7 Å². The van der Waals surface area contributed by atoms with Crippen molar-refractivity contribution in [1.82, 2.24) is 4.72 Å². The monoisotopic (exact) mass is 401 g/mol. The van der Waals surface area contributed by atoms with Crippen LogP contribution in [-0.4, -0.2) is 28.2 Å². The SMILES string of the molecule is CCOc1ccc(CCNS(=O)(=O)c2ccc(F)c(Cl)c2)cc1OCC. The van der Waals surface area contributed by atoms with Crippen LogP contribution in [0.5, 0.6) is 11.5 Å². The second-order valence-corrected chi connectivity index (χ2v) is 7.54. The van der Waals surface area contributed by atoms with Crippen LogP contribution in [0.3, 0.4) is 0 Å². The molecule has 0 aliphatic rings. The normalized spacial score (nSPS) is 11.4. The van der Waals surface area contributed by atoms with Gasteiger partial charge < -0.3 is 9.47 Å². The fraction of sp³-hybridized carbons (Fsp3) is 0.333. The first-order chi connectivity index (χ1) is 12.4. The Morgan fingerprint density at radius 2 is 1.73 bits per heavy atom. The maximum Gasteiger partial charge on any atom is 0.240 e. The second-order valence-electron chi connectivity index (χ2n) is 5.37. The first-order valence-corrected chi connectivity index (χ1v) is 10.1. The van der Waals surface area contributed by atoms with Gasteiger partial charge in [0.05, 0.1) is 23.1 Å². The number of halogens is 2. The molecule has 2 aromatic carbocycles. The molecule has 0 aliphatic heterocycles. The van der Waals surface area contributed by atoms with Crippen LogP contribution in [0.4, 0.5) is 4.39 Å². The lowest BCUT2D eigenvalue weighted by Crippen LogP contribution is -2.26. The lowest BCUT2D eigenvalue weighted by molar-refractivity contribution is 0.287. The van der Waals surface area contributed by atoms with Gasteiger partial charge in [0, 0.05) is 6.54 Å². The number of rotatable bonds is 9. The van der Waals surface area contributed by atoms with E-state index < -0.39 is 15.8 Å². The van der Waals surface area contributed by atoms with Gasteiger partial charge in [-0.25, -0.2) is 17.5 Å². The zero-order chi connectivity index (χ0) is 19.2. The average Bonchev–Trinajstić information content (AvgIpc) is 2.59. The third-order valence-corrected chi connectivity index (χ3v) is 5.26. The number of sulfonamides is 1. The van der Waals surface area contributed by atoms with Crippen LogP contribution in [0.15, 0.2) is 41.3 Å². The van der Waals surface area contributed by atoms with Crippen LogP contribution in [0, 0.1) is 5.82 Å². The van der Waals surface area contributed by atoms with Crippen LogP contribution in [0.2, 0.25) is 5.02 Å². The van der Waals surface area contributed by atoms with Crippen LogP contribution < -0.4 is 14.2 Å². The van der Waals surface area contributed by atoms with Crippen molar-refractivity contribution in [1.29, 1.82) is 0 Å². The van der Waals surface area contributed by atoms with Gasteiger partial charge in [-0.05, 0) is 56.2 Å². The molecule has 2 aromatic rings. The molecule has 0 atom stereocenters. The molecule has 0 amide bonds. The summed E-state index contributed by atoms with van der Waals surface area (Å²) in [5.41, 5.74) is 0.900. The zero-order valence-electron chi connectivity index (χ0n) is 14.6. The first-order valence-electron chi connectivity index (χ1n) is 8.20. The topological polar surface area (TPSA) is 64.6 Å². The molecule has 26 heavy (non-hydrogen) atoms. The molecule has 1 N–H and O–H groups in total. The van der Waals surface area contributed by atoms with E-state index in [0.717, 1.165) is 17.7 Å². The molecule has 0 unspecified atom stereocenters. The highest BCUT2D eigenvalue weighted by Crippen LogP contribution is 2.28. The van der Waals surface area contributed by atoms with Crippen LogP contribution in [-0.2, 0) is 16.4 Å². The van der Waals surface area contributed by atoms with E-state index in [2.05, 4.69) is 4.72 Å². The van der Waals surface area contributed by atoms with E-state index in [1.54, 1.807) is 6.07 Å². The fourth-order valence-corrected chi connectivity index (χ4v) is 3.61. The molecule has 0 saturated carbocycles. The molecule has 0 aliphatic carbocycles. The van der Waals surface area contributed by atoms with Crippen molar-refractivity contribution in [2.24, 2.45) is 0 Å². The van der Waals surface area contributed by atoms with Crippen LogP contribution in [0.25, 0.3) is 0 Å². The van der Waals surface area contributed by atoms with Crippen molar-refractivity contribution < 1.29 is 22.3 Å². The molecular weight excluding hydrogens is 381 g/mol. The summed E-state index contributed by atoms with van der Waals surface area (Å²) in [6.45, 7) is 4.97. The Balaban J connectivity index is 2.04. The number of hydrogen-bond acceptors (Lipinski definition) is 4. The Morgan fingerprint density at radius 1 is 1.04 bits per heavy atom. The maximum absolute atomic E-state index is 13.2. The molecule has 5 nitrogen and oxygen atoms in total. The van der Waals surface area contributed by atoms with Gasteiger partial charge in [0.2, 0.25) is 10.0 Å². The summed E-state index contributed by atoms with van der Waals surface area (Å²) in [7, 11) is -3.76. The minimum Gasteiger partial charge on any atom is -0.490 e. The smallest absolute Gasteiger partial charge is 0.240 e. The molecule has 0 aromatic heterocycles. The molecule has 0 heterocycles. The largest absolute Gasteiger partial charge is 0.490 e. The van der Waals surface area contributed by atoms with Crippen molar-refractivity contribution in [3.05, 3.63) is 52.8 Å². The molecule has 0 saturated heterocycles. The van der Waals surface area contributed by atoms with Crippen molar-refractivity contribution in [2.45, 2.75) is 25.2 Å². The number of ether oxygens (including phenoxy) is 2. The van der Waals surface area contributed by atoms with E-state index in [9.17, 15) is 12.8 Å². The van der Waals surface area contributed by atoms with Gasteiger partial charge >= 0.3 is 0 Å². The number of nitrogens with one attached hydrogen (secondary N) is 1. The number of hydrogen-bond donors (Lipinski definition) is 1. The summed E-state index contributed by atoms with van der Waals surface area (Å²) in [5.74, 6) is 0.614. The Hall–Kier alpha value is -1.83. The van der Waals surface area contributed by atoms with Gasteiger partial charge in [0.25, 0.3) is 0 Å². The summed E-state index contributed by atoms with van der Waals surface area (Å²) in [4.78, 5) is -0.0781. The highest BCUT2D eigenvalue weighted by atomic mass is 35.5. The molecule has 0 bridgehead atoms. The standard InChI is InChI=1S/C18H21ClFNO4S/c1-3-24-17-8-5-13(11-18(17)25-4-2)9-10-21-26(22,23)14-6-7-16(20)15(19)12-14/h5-8,11-12,21H,3-4,9-10H2,1-2H3. The van der Waals surface area contributed by atoms with Gasteiger partial charge in [-0.2, -0.15) is 0 Å². The van der Waals surface area contributed by atoms with Gasteiger partial charge in [0.15, 0.2) is 11.5 Å². The second kappa shape index (κ2) is 9.21. The summed E-state index contributed by atoms with van der Waals surface area (Å²) < 4.78 is 51.2. The molecule has 0 radical (unpaired) electrons. The molecule has 8 heteroatoms. The Morgan fingerprint density at radius 3 is 2.38 bits per heavy atom. The molecular formula is C18H21ClFNO4S. The molecule has 142 valence electrons. The lowest BCUT2D eigenvalue weighted by atomic mass is 10.1. The molecule has 2 rings (SSSR count). The van der Waals surface area contributed by atoms with Crippen molar-refractivity contribution in [3.8, 4) is 11.5 Å². The van der Waals surface area contributed by atoms with E-state index in [1.807, 2.05) is 26.0 Å². The van der Waals surface area contributed by atoms with E-state index in [-0.39, 0.29) is 16.5 Å². The Kier molecular flexibility index (Phi) is 7.25. The number of benzene rings is 2. The molecule has 0 spiro atoms. The molecule has 0 fully saturated rings. The minimum atomic E-state index is -3.76.